The summed E-state index contributed by atoms with van der Waals surface area (Å²) in [4.78, 5) is 14.4. The third kappa shape index (κ3) is 2.62. The molecule has 0 saturated carbocycles. The van der Waals surface area contributed by atoms with Crippen molar-refractivity contribution in [3.63, 3.8) is 0 Å². The van der Waals surface area contributed by atoms with Gasteiger partial charge >= 0.3 is 0 Å². The van der Waals surface area contributed by atoms with Crippen molar-refractivity contribution in [2.45, 2.75) is 20.3 Å². The second-order valence-corrected chi connectivity index (χ2v) is 4.44. The first-order valence-electron chi connectivity index (χ1n) is 6.48. The summed E-state index contributed by atoms with van der Waals surface area (Å²) < 4.78 is 5.41. The van der Waals surface area contributed by atoms with Crippen molar-refractivity contribution in [1.29, 1.82) is 0 Å². The van der Waals surface area contributed by atoms with Crippen molar-refractivity contribution in [2.75, 3.05) is 19.6 Å². The number of nitrogens with zero attached hydrogens (tertiary/aromatic N) is 1. The molecule has 0 aliphatic carbocycles. The van der Waals surface area contributed by atoms with Crippen LogP contribution in [0, 0.1) is 0 Å². The Morgan fingerprint density at radius 3 is 2.78 bits per heavy atom. The van der Waals surface area contributed by atoms with E-state index in [-0.39, 0.29) is 5.78 Å². The van der Waals surface area contributed by atoms with E-state index in [1.807, 2.05) is 24.3 Å². The van der Waals surface area contributed by atoms with Crippen molar-refractivity contribution >= 4 is 16.8 Å². The first-order valence-corrected chi connectivity index (χ1v) is 6.48. The summed E-state index contributed by atoms with van der Waals surface area (Å²) >= 11 is 0. The lowest BCUT2D eigenvalue weighted by molar-refractivity contribution is 0.0935. The van der Waals surface area contributed by atoms with Gasteiger partial charge in [0.1, 0.15) is 11.8 Å². The maximum absolute atomic E-state index is 12.3. The standard InChI is InChI=1S/C15H19NO2/c1-3-9-16(4-2)10-14(17)13-11-18-15-8-6-5-7-12(13)15/h5-8,11H,3-4,9-10H2,1-2H3. The third-order valence-electron chi connectivity index (χ3n) is 3.14. The van der Waals surface area contributed by atoms with Crippen LogP contribution in [0.3, 0.4) is 0 Å². The maximum Gasteiger partial charge on any atom is 0.180 e. The van der Waals surface area contributed by atoms with E-state index in [0.29, 0.717) is 12.1 Å². The average molecular weight is 245 g/mol. The lowest BCUT2D eigenvalue weighted by Crippen LogP contribution is -2.30. The van der Waals surface area contributed by atoms with E-state index >= 15 is 0 Å². The zero-order chi connectivity index (χ0) is 13.0. The fourth-order valence-electron chi connectivity index (χ4n) is 2.15. The smallest absolute Gasteiger partial charge is 0.180 e. The van der Waals surface area contributed by atoms with E-state index in [4.69, 9.17) is 4.42 Å². The molecule has 0 aliphatic heterocycles. The van der Waals surface area contributed by atoms with Crippen LogP contribution in [0.15, 0.2) is 34.9 Å². The second-order valence-electron chi connectivity index (χ2n) is 4.44. The Balaban J connectivity index is 2.18. The third-order valence-corrected chi connectivity index (χ3v) is 3.14. The summed E-state index contributed by atoms with van der Waals surface area (Å²) in [5.41, 5.74) is 1.47. The minimum Gasteiger partial charge on any atom is -0.464 e. The Hall–Kier alpha value is -1.61. The number of benzene rings is 1. The zero-order valence-electron chi connectivity index (χ0n) is 11.0. The molecule has 96 valence electrons. The number of rotatable bonds is 6. The Morgan fingerprint density at radius 2 is 2.06 bits per heavy atom. The van der Waals surface area contributed by atoms with Gasteiger partial charge in [0.25, 0.3) is 0 Å². The van der Waals surface area contributed by atoms with Crippen LogP contribution in [0.4, 0.5) is 0 Å². The predicted octanol–water partition coefficient (Wildman–Crippen LogP) is 3.35. The van der Waals surface area contributed by atoms with Gasteiger partial charge in [0, 0.05) is 5.39 Å². The van der Waals surface area contributed by atoms with Crippen LogP contribution >= 0.6 is 0 Å². The molecule has 3 nitrogen and oxygen atoms in total. The molecule has 0 atom stereocenters. The molecular formula is C15H19NO2. The van der Waals surface area contributed by atoms with Crippen molar-refractivity contribution < 1.29 is 9.21 Å². The number of furan rings is 1. The predicted molar refractivity (Wildman–Crippen MR) is 72.9 cm³/mol. The maximum atomic E-state index is 12.3. The SMILES string of the molecule is CCCN(CC)CC(=O)c1coc2ccccc12. The van der Waals surface area contributed by atoms with E-state index in [9.17, 15) is 4.79 Å². The highest BCUT2D eigenvalue weighted by Gasteiger charge is 2.15. The van der Waals surface area contributed by atoms with E-state index in [1.165, 1.54) is 0 Å². The lowest BCUT2D eigenvalue weighted by atomic mass is 10.1. The Kier molecular flexibility index (Phi) is 4.15. The van der Waals surface area contributed by atoms with Gasteiger partial charge in [-0.1, -0.05) is 32.0 Å². The Labute approximate surface area is 107 Å². The summed E-state index contributed by atoms with van der Waals surface area (Å²) in [7, 11) is 0. The van der Waals surface area contributed by atoms with Crippen LogP contribution < -0.4 is 0 Å². The summed E-state index contributed by atoms with van der Waals surface area (Å²) in [6.07, 6.45) is 2.64. The van der Waals surface area contributed by atoms with Gasteiger partial charge in [0.05, 0.1) is 12.1 Å². The number of likely N-dealkylation sites (N-methyl/N-ethyl adjacent to an activating group) is 1. The van der Waals surface area contributed by atoms with Crippen molar-refractivity contribution in [3.8, 4) is 0 Å². The zero-order valence-corrected chi connectivity index (χ0v) is 11.0. The monoisotopic (exact) mass is 245 g/mol. The molecule has 1 heterocycles. The van der Waals surface area contributed by atoms with Gasteiger partial charge in [-0.25, -0.2) is 0 Å². The van der Waals surface area contributed by atoms with Crippen LogP contribution in [0.2, 0.25) is 0 Å². The average Bonchev–Trinajstić information content (AvgIpc) is 2.82. The van der Waals surface area contributed by atoms with E-state index < -0.39 is 0 Å². The molecule has 0 amide bonds. The van der Waals surface area contributed by atoms with Crippen LogP contribution in [-0.4, -0.2) is 30.3 Å². The molecule has 0 aliphatic rings. The molecule has 0 bridgehead atoms. The topological polar surface area (TPSA) is 33.5 Å². The normalized spacial score (nSPS) is 11.3. The first kappa shape index (κ1) is 12.8. The summed E-state index contributed by atoms with van der Waals surface area (Å²) in [5, 5.41) is 0.912. The number of carbonyl (C=O) groups excluding carboxylic acids is 1. The molecule has 1 aromatic heterocycles. The van der Waals surface area contributed by atoms with Gasteiger partial charge in [-0.2, -0.15) is 0 Å². The number of Topliss-reactive ketones (excluding diaryl/α,β-unsaturated/α-hetero) is 1. The van der Waals surface area contributed by atoms with Crippen molar-refractivity contribution in [2.24, 2.45) is 0 Å². The molecule has 2 rings (SSSR count). The molecule has 1 aromatic carbocycles. The highest BCUT2D eigenvalue weighted by atomic mass is 16.3. The highest BCUT2D eigenvalue weighted by molar-refractivity contribution is 6.08. The van der Waals surface area contributed by atoms with E-state index in [1.54, 1.807) is 6.26 Å². The van der Waals surface area contributed by atoms with Gasteiger partial charge < -0.3 is 4.42 Å². The molecule has 0 N–H and O–H groups in total. The molecule has 0 radical (unpaired) electrons. The lowest BCUT2D eigenvalue weighted by Gasteiger charge is -2.17. The van der Waals surface area contributed by atoms with Crippen LogP contribution in [0.25, 0.3) is 11.0 Å². The number of fused-ring (bicyclic) bond motifs is 1. The number of hydrogen-bond acceptors (Lipinski definition) is 3. The van der Waals surface area contributed by atoms with Gasteiger partial charge in [-0.3, -0.25) is 9.69 Å². The Morgan fingerprint density at radius 1 is 1.28 bits per heavy atom. The summed E-state index contributed by atoms with van der Waals surface area (Å²) in [5.74, 6) is 0.134. The quantitative estimate of drug-likeness (QED) is 0.732. The second kappa shape index (κ2) is 5.83. The van der Waals surface area contributed by atoms with E-state index in [2.05, 4.69) is 18.7 Å². The van der Waals surface area contributed by atoms with Crippen molar-refractivity contribution in [1.82, 2.24) is 4.90 Å². The summed E-state index contributed by atoms with van der Waals surface area (Å²) in [6, 6.07) is 7.66. The highest BCUT2D eigenvalue weighted by Crippen LogP contribution is 2.21. The van der Waals surface area contributed by atoms with Gasteiger partial charge in [0.15, 0.2) is 5.78 Å². The number of carbonyl (C=O) groups is 1. The van der Waals surface area contributed by atoms with Crippen LogP contribution in [0.5, 0.6) is 0 Å². The molecule has 18 heavy (non-hydrogen) atoms. The molecule has 2 aromatic rings. The van der Waals surface area contributed by atoms with E-state index in [0.717, 1.165) is 30.5 Å². The fourth-order valence-corrected chi connectivity index (χ4v) is 2.15. The van der Waals surface area contributed by atoms with Crippen LogP contribution in [-0.2, 0) is 0 Å². The molecule has 0 saturated heterocycles. The fraction of sp³-hybridized carbons (Fsp3) is 0.400. The van der Waals surface area contributed by atoms with Crippen LogP contribution in [0.1, 0.15) is 30.6 Å². The minimum absolute atomic E-state index is 0.134. The molecule has 0 unspecified atom stereocenters. The number of ketones is 1. The molecule has 0 spiro atoms. The molecular weight excluding hydrogens is 226 g/mol. The number of para-hydroxylation sites is 1. The largest absolute Gasteiger partial charge is 0.464 e. The molecule has 0 fully saturated rings. The van der Waals surface area contributed by atoms with Gasteiger partial charge in [0.2, 0.25) is 0 Å². The summed E-state index contributed by atoms with van der Waals surface area (Å²) in [6.45, 7) is 6.53. The van der Waals surface area contributed by atoms with Gasteiger partial charge in [-0.15, -0.1) is 0 Å². The van der Waals surface area contributed by atoms with Gasteiger partial charge in [-0.05, 0) is 25.6 Å². The minimum atomic E-state index is 0.134. The van der Waals surface area contributed by atoms with Crippen molar-refractivity contribution in [3.05, 3.63) is 36.1 Å². The molecule has 3 heteroatoms. The first-order chi connectivity index (χ1) is 8.76. The number of hydrogen-bond donors (Lipinski definition) is 0. The Bertz CT molecular complexity index is 530.